The maximum absolute atomic E-state index is 12.3. The minimum atomic E-state index is -3.94. The molecule has 3 aliphatic heterocycles. The van der Waals surface area contributed by atoms with Crippen molar-refractivity contribution in [2.24, 2.45) is 0 Å². The van der Waals surface area contributed by atoms with Crippen LogP contribution in [0.25, 0.3) is 0 Å². The summed E-state index contributed by atoms with van der Waals surface area (Å²) in [5, 5.41) is 0. The molecule has 1 atom stereocenters. The number of nitrogens with zero attached hydrogens (tertiary/aromatic N) is 1. The zero-order chi connectivity index (χ0) is 14.4. The Morgan fingerprint density at radius 3 is 2.60 bits per heavy atom. The highest BCUT2D eigenvalue weighted by molar-refractivity contribution is 7.86. The Labute approximate surface area is 116 Å². The third-order valence-corrected chi connectivity index (χ3v) is 4.78. The molecule has 4 rings (SSSR count). The van der Waals surface area contributed by atoms with Crippen LogP contribution in [-0.4, -0.2) is 31.7 Å². The van der Waals surface area contributed by atoms with Crippen LogP contribution in [0, 0.1) is 0 Å². The van der Waals surface area contributed by atoms with Crippen LogP contribution in [0.5, 0.6) is 5.75 Å². The lowest BCUT2D eigenvalue weighted by molar-refractivity contribution is -0.0452. The number of hydrogen-bond donors (Lipinski definition) is 0. The molecule has 0 N–H and O–H groups in total. The molecule has 0 spiro atoms. The van der Waals surface area contributed by atoms with Gasteiger partial charge in [-0.2, -0.15) is 8.42 Å². The summed E-state index contributed by atoms with van der Waals surface area (Å²) in [6.07, 6.45) is 3.19. The van der Waals surface area contributed by atoms with E-state index in [1.807, 2.05) is 0 Å². The van der Waals surface area contributed by atoms with Crippen LogP contribution in [0.2, 0.25) is 0 Å². The van der Waals surface area contributed by atoms with E-state index in [0.29, 0.717) is 5.75 Å². The number of amides is 1. The standard InChI is InChI=1S/C13H13NO5S/c1-13-8-2-3-9-14(13)12(15)18-10-4-6-11(7-5-10)20(16,17)19-13/h2-7H,8-9H2,1H3. The van der Waals surface area contributed by atoms with Gasteiger partial charge in [-0.05, 0) is 31.2 Å². The molecular weight excluding hydrogens is 282 g/mol. The molecule has 0 aliphatic carbocycles. The molecule has 1 aromatic rings. The first-order valence-corrected chi connectivity index (χ1v) is 7.52. The summed E-state index contributed by atoms with van der Waals surface area (Å²) >= 11 is 0. The average Bonchev–Trinajstić information content (AvgIpc) is 2.37. The second-order valence-electron chi connectivity index (χ2n) is 4.84. The Hall–Kier alpha value is -1.86. The van der Waals surface area contributed by atoms with Crippen LogP contribution < -0.4 is 4.74 Å². The molecule has 7 heteroatoms. The van der Waals surface area contributed by atoms with E-state index in [1.54, 1.807) is 19.1 Å². The molecular formula is C13H13NO5S. The fraction of sp³-hybridized carbons (Fsp3) is 0.308. The summed E-state index contributed by atoms with van der Waals surface area (Å²) in [6, 6.07) is 5.57. The molecule has 0 saturated carbocycles. The van der Waals surface area contributed by atoms with Gasteiger partial charge in [-0.3, -0.25) is 4.90 Å². The van der Waals surface area contributed by atoms with Gasteiger partial charge < -0.3 is 4.74 Å². The first kappa shape index (κ1) is 13.1. The van der Waals surface area contributed by atoms with Gasteiger partial charge in [0, 0.05) is 13.0 Å². The van der Waals surface area contributed by atoms with E-state index in [4.69, 9.17) is 8.92 Å². The highest BCUT2D eigenvalue weighted by Gasteiger charge is 2.43. The van der Waals surface area contributed by atoms with Gasteiger partial charge in [-0.15, -0.1) is 0 Å². The molecule has 0 radical (unpaired) electrons. The van der Waals surface area contributed by atoms with E-state index in [1.165, 1.54) is 29.2 Å². The van der Waals surface area contributed by atoms with Crippen molar-refractivity contribution in [2.45, 2.75) is 24.0 Å². The largest absolute Gasteiger partial charge is 0.417 e. The van der Waals surface area contributed by atoms with Crippen molar-refractivity contribution >= 4 is 16.2 Å². The highest BCUT2D eigenvalue weighted by Crippen LogP contribution is 2.32. The van der Waals surface area contributed by atoms with Crippen molar-refractivity contribution < 1.29 is 22.1 Å². The molecule has 3 aliphatic rings. The number of rotatable bonds is 0. The maximum Gasteiger partial charge on any atom is 0.417 e. The first-order valence-electron chi connectivity index (χ1n) is 6.11. The fourth-order valence-electron chi connectivity index (χ4n) is 2.25. The van der Waals surface area contributed by atoms with E-state index in [-0.39, 0.29) is 17.9 Å². The van der Waals surface area contributed by atoms with Gasteiger partial charge in [0.15, 0.2) is 5.72 Å². The Balaban J connectivity index is 2.15. The number of carbonyl (C=O) groups excluding carboxylic acids is 1. The summed E-state index contributed by atoms with van der Waals surface area (Å²) in [7, 11) is -3.94. The molecule has 106 valence electrons. The molecule has 1 unspecified atom stereocenters. The average molecular weight is 295 g/mol. The van der Waals surface area contributed by atoms with Gasteiger partial charge in [0.2, 0.25) is 0 Å². The third-order valence-electron chi connectivity index (χ3n) is 3.35. The second-order valence-corrected chi connectivity index (χ2v) is 6.38. The van der Waals surface area contributed by atoms with Gasteiger partial charge in [-0.25, -0.2) is 8.98 Å². The van der Waals surface area contributed by atoms with Crippen molar-refractivity contribution in [1.29, 1.82) is 0 Å². The lowest BCUT2D eigenvalue weighted by Crippen LogP contribution is -2.55. The predicted octanol–water partition coefficient (Wildman–Crippen LogP) is 1.88. The molecule has 0 saturated heterocycles. The Kier molecular flexibility index (Phi) is 2.84. The fourth-order valence-corrected chi connectivity index (χ4v) is 3.44. The summed E-state index contributed by atoms with van der Waals surface area (Å²) < 4.78 is 35.1. The van der Waals surface area contributed by atoms with E-state index in [2.05, 4.69) is 0 Å². The number of ether oxygens (including phenoxy) is 1. The summed E-state index contributed by atoms with van der Waals surface area (Å²) in [4.78, 5) is 13.5. The van der Waals surface area contributed by atoms with Crippen molar-refractivity contribution in [3.05, 3.63) is 36.4 Å². The highest BCUT2D eigenvalue weighted by atomic mass is 32.2. The van der Waals surface area contributed by atoms with Crippen molar-refractivity contribution in [1.82, 2.24) is 4.90 Å². The molecule has 6 nitrogen and oxygen atoms in total. The summed E-state index contributed by atoms with van der Waals surface area (Å²) in [6.45, 7) is 1.80. The molecule has 2 bridgehead atoms. The lowest BCUT2D eigenvalue weighted by atomic mass is 10.1. The van der Waals surface area contributed by atoms with Crippen molar-refractivity contribution in [2.75, 3.05) is 6.54 Å². The van der Waals surface area contributed by atoms with Gasteiger partial charge in [-0.1, -0.05) is 12.2 Å². The number of fused-ring (bicyclic) bond motifs is 4. The van der Waals surface area contributed by atoms with Gasteiger partial charge >= 0.3 is 6.09 Å². The summed E-state index contributed by atoms with van der Waals surface area (Å²) in [5.74, 6) is 0.299. The zero-order valence-corrected chi connectivity index (χ0v) is 11.6. The molecule has 0 fully saturated rings. The SMILES string of the molecule is CC12CC=CCN1C(=O)Oc1ccc(cc1)S(=O)(=O)O2. The van der Waals surface area contributed by atoms with Crippen molar-refractivity contribution in [3.8, 4) is 5.75 Å². The molecule has 1 amide bonds. The van der Waals surface area contributed by atoms with Gasteiger partial charge in [0.1, 0.15) is 5.75 Å². The number of benzene rings is 1. The Bertz CT molecular complexity index is 679. The quantitative estimate of drug-likeness (QED) is 0.540. The molecule has 0 aromatic heterocycles. The maximum atomic E-state index is 12.3. The van der Waals surface area contributed by atoms with Gasteiger partial charge in [0.25, 0.3) is 10.1 Å². The van der Waals surface area contributed by atoms with E-state index >= 15 is 0 Å². The minimum absolute atomic E-state index is 0.0370. The normalized spacial score (nSPS) is 27.9. The van der Waals surface area contributed by atoms with Crippen LogP contribution in [0.1, 0.15) is 13.3 Å². The molecule has 1 aromatic carbocycles. The van der Waals surface area contributed by atoms with Crippen LogP contribution >= 0.6 is 0 Å². The van der Waals surface area contributed by atoms with Gasteiger partial charge in [0.05, 0.1) is 4.90 Å². The lowest BCUT2D eigenvalue weighted by Gasteiger charge is -2.40. The van der Waals surface area contributed by atoms with Crippen molar-refractivity contribution in [3.63, 3.8) is 0 Å². The monoisotopic (exact) mass is 295 g/mol. The first-order chi connectivity index (χ1) is 9.41. The van der Waals surface area contributed by atoms with Crippen LogP contribution in [0.4, 0.5) is 4.79 Å². The summed E-state index contributed by atoms with van der Waals surface area (Å²) in [5.41, 5.74) is -1.28. The topological polar surface area (TPSA) is 72.9 Å². The van der Waals surface area contributed by atoms with E-state index < -0.39 is 21.9 Å². The Morgan fingerprint density at radius 1 is 1.20 bits per heavy atom. The predicted molar refractivity (Wildman–Crippen MR) is 69.6 cm³/mol. The van der Waals surface area contributed by atoms with E-state index in [0.717, 1.165) is 0 Å². The second kappa shape index (κ2) is 4.32. The van der Waals surface area contributed by atoms with Crippen LogP contribution in [0.3, 0.4) is 0 Å². The minimum Gasteiger partial charge on any atom is -0.410 e. The Morgan fingerprint density at radius 2 is 1.90 bits per heavy atom. The van der Waals surface area contributed by atoms with E-state index in [9.17, 15) is 13.2 Å². The number of hydrogen-bond acceptors (Lipinski definition) is 5. The van der Waals surface area contributed by atoms with Crippen LogP contribution in [0.15, 0.2) is 41.3 Å². The molecule has 3 heterocycles. The third kappa shape index (κ3) is 2.08. The van der Waals surface area contributed by atoms with Crippen LogP contribution in [-0.2, 0) is 14.3 Å². The smallest absolute Gasteiger partial charge is 0.410 e. The molecule has 20 heavy (non-hydrogen) atoms. The number of carbonyl (C=O) groups is 1. The zero-order valence-electron chi connectivity index (χ0n) is 10.8.